The van der Waals surface area contributed by atoms with Crippen LogP contribution in [0.1, 0.15) is 57.0 Å². The van der Waals surface area contributed by atoms with Crippen molar-refractivity contribution in [1.82, 2.24) is 19.4 Å². The monoisotopic (exact) mass is 525 g/mol. The third-order valence-electron chi connectivity index (χ3n) is 7.43. The molecule has 0 fully saturated rings. The minimum Gasteiger partial charge on any atom is -0.488 e. The fourth-order valence-corrected chi connectivity index (χ4v) is 5.77. The van der Waals surface area contributed by atoms with E-state index in [1.807, 2.05) is 0 Å². The van der Waals surface area contributed by atoms with E-state index in [4.69, 9.17) is 13.6 Å². The van der Waals surface area contributed by atoms with Crippen LogP contribution in [0.25, 0.3) is 22.2 Å². The summed E-state index contributed by atoms with van der Waals surface area (Å²) in [6.45, 7) is -4.55. The predicted octanol–water partition coefficient (Wildman–Crippen LogP) is 4.56. The zero-order valence-electron chi connectivity index (χ0n) is 22.8. The molecule has 0 saturated carbocycles. The number of hydrogen-bond acceptors (Lipinski definition) is 6. The van der Waals surface area contributed by atoms with Gasteiger partial charge in [-0.25, -0.2) is 9.37 Å². The molecule has 1 amide bonds. The van der Waals surface area contributed by atoms with Crippen molar-refractivity contribution in [2.45, 2.75) is 37.6 Å². The molecule has 1 N–H and O–H groups in total. The van der Waals surface area contributed by atoms with Crippen LogP contribution in [0.2, 0.25) is 0 Å². The molecule has 2 aromatic heterocycles. The molecule has 3 atom stereocenters. The van der Waals surface area contributed by atoms with Crippen molar-refractivity contribution in [2.75, 3.05) is 13.6 Å². The molecule has 7 rings (SSSR count). The molecule has 4 aromatic rings. The Balaban J connectivity index is 1.47. The van der Waals surface area contributed by atoms with Crippen LogP contribution in [-0.4, -0.2) is 50.6 Å². The van der Waals surface area contributed by atoms with Crippen molar-refractivity contribution in [3.8, 4) is 22.6 Å². The van der Waals surface area contributed by atoms with E-state index in [0.29, 0.717) is 21.9 Å². The highest BCUT2D eigenvalue weighted by Crippen LogP contribution is 2.51. The molecular formula is C27H21F3N4O4. The summed E-state index contributed by atoms with van der Waals surface area (Å²) in [5, 5.41) is 10.4. The summed E-state index contributed by atoms with van der Waals surface area (Å²) in [6.07, 6.45) is 1.38. The van der Waals surface area contributed by atoms with Crippen molar-refractivity contribution in [1.29, 1.82) is 0 Å². The van der Waals surface area contributed by atoms with E-state index in [1.54, 1.807) is 19.1 Å². The van der Waals surface area contributed by atoms with Crippen molar-refractivity contribution >= 4 is 16.9 Å². The van der Waals surface area contributed by atoms with E-state index in [2.05, 4.69) is 9.97 Å². The summed E-state index contributed by atoms with van der Waals surface area (Å²) in [5.74, 6) is -1.46. The number of halogens is 3. The van der Waals surface area contributed by atoms with Gasteiger partial charge in [0, 0.05) is 46.0 Å². The van der Waals surface area contributed by atoms with E-state index in [0.717, 1.165) is 0 Å². The molecule has 8 nitrogen and oxygen atoms in total. The lowest BCUT2D eigenvalue weighted by Crippen LogP contribution is -2.30. The zero-order chi connectivity index (χ0) is 29.0. The number of aromatic nitrogens is 3. The second-order valence-electron chi connectivity index (χ2n) is 9.81. The van der Waals surface area contributed by atoms with Crippen LogP contribution < -0.4 is 9.47 Å². The summed E-state index contributed by atoms with van der Waals surface area (Å²) in [6, 6.07) is 6.55. The number of amides is 1. The van der Waals surface area contributed by atoms with Gasteiger partial charge in [-0.1, -0.05) is 6.07 Å². The van der Waals surface area contributed by atoms with Gasteiger partial charge in [0.1, 0.15) is 40.7 Å². The van der Waals surface area contributed by atoms with Crippen molar-refractivity contribution in [3.05, 3.63) is 71.1 Å². The summed E-state index contributed by atoms with van der Waals surface area (Å²) >= 11 is 0. The number of nitrogens with zero attached hydrogens (tertiary/aromatic N) is 4. The zero-order valence-corrected chi connectivity index (χ0v) is 19.8. The SMILES string of the molecule is [2H]C([2H])([2H])N1C(=O)c2cccc(OC(F)F)c2[C@H]2C[C@@H]1c1nc3ccc(-c4cnc5c(c4)OCC5(C)O)c(F)c3n12. The molecule has 11 heteroatoms. The molecule has 38 heavy (non-hydrogen) atoms. The van der Waals surface area contributed by atoms with Gasteiger partial charge in [-0.15, -0.1) is 0 Å². The number of pyridine rings is 1. The van der Waals surface area contributed by atoms with E-state index < -0.39 is 43.0 Å². The Morgan fingerprint density at radius 3 is 2.89 bits per heavy atom. The van der Waals surface area contributed by atoms with Crippen LogP contribution in [0.3, 0.4) is 0 Å². The van der Waals surface area contributed by atoms with Gasteiger partial charge in [-0.3, -0.25) is 9.78 Å². The van der Waals surface area contributed by atoms with Crippen LogP contribution in [-0.2, 0) is 5.60 Å². The summed E-state index contributed by atoms with van der Waals surface area (Å²) in [5.41, 5.74) is -0.350. The van der Waals surface area contributed by atoms with Gasteiger partial charge >= 0.3 is 6.61 Å². The number of ether oxygens (including phenoxy) is 2. The van der Waals surface area contributed by atoms with Crippen LogP contribution in [0.15, 0.2) is 42.6 Å². The first-order valence-corrected chi connectivity index (χ1v) is 11.8. The first-order valence-electron chi connectivity index (χ1n) is 13.3. The topological polar surface area (TPSA) is 89.7 Å². The molecule has 3 aliphatic heterocycles. The number of benzene rings is 2. The average molecular weight is 526 g/mol. The predicted molar refractivity (Wildman–Crippen MR) is 129 cm³/mol. The lowest BCUT2D eigenvalue weighted by atomic mass is 9.97. The van der Waals surface area contributed by atoms with Crippen molar-refractivity contribution in [3.63, 3.8) is 0 Å². The minimum absolute atomic E-state index is 0.000640. The maximum absolute atomic E-state index is 16.5. The molecule has 0 saturated heterocycles. The summed E-state index contributed by atoms with van der Waals surface area (Å²) in [7, 11) is 0. The third kappa shape index (κ3) is 3.05. The average Bonchev–Trinajstić information content (AvgIpc) is 3.50. The van der Waals surface area contributed by atoms with Crippen LogP contribution in [0.4, 0.5) is 13.2 Å². The van der Waals surface area contributed by atoms with Crippen molar-refractivity contribution in [2.24, 2.45) is 0 Å². The van der Waals surface area contributed by atoms with Crippen LogP contribution >= 0.6 is 0 Å². The smallest absolute Gasteiger partial charge is 0.387 e. The van der Waals surface area contributed by atoms with Gasteiger partial charge in [0.05, 0.1) is 17.6 Å². The third-order valence-corrected chi connectivity index (χ3v) is 7.43. The number of rotatable bonds is 3. The number of fused-ring (bicyclic) bond motifs is 10. The first kappa shape index (κ1) is 19.9. The highest BCUT2D eigenvalue weighted by molar-refractivity contribution is 5.98. The van der Waals surface area contributed by atoms with Gasteiger partial charge in [0.25, 0.3) is 5.91 Å². The number of carbonyl (C=O) groups is 1. The van der Waals surface area contributed by atoms with E-state index in [1.165, 1.54) is 35.0 Å². The summed E-state index contributed by atoms with van der Waals surface area (Å²) in [4.78, 5) is 23.1. The fraction of sp³-hybridized carbons (Fsp3) is 0.296. The number of carbonyl (C=O) groups excluding carboxylic acids is 1. The molecular weight excluding hydrogens is 501 g/mol. The Labute approximate surface area is 218 Å². The lowest BCUT2D eigenvalue weighted by Gasteiger charge is -2.24. The molecule has 1 unspecified atom stereocenters. The number of imidazole rings is 1. The molecule has 0 radical (unpaired) electrons. The molecule has 0 spiro atoms. The van der Waals surface area contributed by atoms with Gasteiger partial charge in [0.15, 0.2) is 5.82 Å². The molecule has 5 heterocycles. The Bertz CT molecular complexity index is 1780. The second kappa shape index (κ2) is 7.70. The van der Waals surface area contributed by atoms with Gasteiger partial charge < -0.3 is 24.0 Å². The van der Waals surface area contributed by atoms with Crippen LogP contribution in [0.5, 0.6) is 11.5 Å². The number of hydrogen-bond donors (Lipinski definition) is 1. The molecule has 194 valence electrons. The number of aliphatic hydroxyl groups is 1. The largest absolute Gasteiger partial charge is 0.488 e. The van der Waals surface area contributed by atoms with Gasteiger partial charge in [0.2, 0.25) is 0 Å². The van der Waals surface area contributed by atoms with Crippen LogP contribution in [0, 0.1) is 5.82 Å². The molecule has 2 aromatic carbocycles. The van der Waals surface area contributed by atoms with E-state index in [9.17, 15) is 18.7 Å². The maximum atomic E-state index is 16.5. The Kier molecular flexibility index (Phi) is 4.04. The fourth-order valence-electron chi connectivity index (χ4n) is 5.77. The standard InChI is InChI=1S/C27H21F3N4O4/c1-27(36)11-37-19-8-12(10-31-23(19)27)13-6-7-15-22(21(13)28)34-16-9-17(24(34)32-15)33(2)25(35)14-4-3-5-18(20(14)16)38-26(29)30/h3-8,10,16-17,26,36H,9,11H2,1-2H3/t16-,17-,27?/m1/s1/i2D3. The second-order valence-corrected chi connectivity index (χ2v) is 9.81. The molecule has 3 aliphatic rings. The Morgan fingerprint density at radius 2 is 2.11 bits per heavy atom. The Morgan fingerprint density at radius 1 is 1.26 bits per heavy atom. The molecule has 2 bridgehead atoms. The highest BCUT2D eigenvalue weighted by Gasteiger charge is 2.45. The molecule has 0 aliphatic carbocycles. The quantitative estimate of drug-likeness (QED) is 0.422. The normalized spacial score (nSPS) is 24.8. The first-order chi connectivity index (χ1) is 19.4. The van der Waals surface area contributed by atoms with Crippen molar-refractivity contribution < 1.29 is 36.7 Å². The van der Waals surface area contributed by atoms with E-state index >= 15 is 4.39 Å². The van der Waals surface area contributed by atoms with Gasteiger partial charge in [-0.05, 0) is 37.3 Å². The highest BCUT2D eigenvalue weighted by atomic mass is 19.3. The van der Waals surface area contributed by atoms with E-state index in [-0.39, 0.29) is 52.3 Å². The maximum Gasteiger partial charge on any atom is 0.387 e. The Hall–Kier alpha value is -4.12. The number of alkyl halides is 2. The summed E-state index contributed by atoms with van der Waals surface area (Å²) < 4.78 is 79.4. The van der Waals surface area contributed by atoms with Gasteiger partial charge in [-0.2, -0.15) is 8.78 Å². The lowest BCUT2D eigenvalue weighted by molar-refractivity contribution is -0.0507. The minimum atomic E-state index is -3.21.